The fourth-order valence-electron chi connectivity index (χ4n) is 2.53. The quantitative estimate of drug-likeness (QED) is 0.847. The van der Waals surface area contributed by atoms with Crippen LogP contribution in [0.25, 0.3) is 0 Å². The molecule has 0 bridgehead atoms. The van der Waals surface area contributed by atoms with Gasteiger partial charge in [0.1, 0.15) is 5.75 Å². The predicted molar refractivity (Wildman–Crippen MR) is 82.3 cm³/mol. The van der Waals surface area contributed by atoms with Crippen molar-refractivity contribution < 1.29 is 14.6 Å². The maximum absolute atomic E-state index is 11.9. The van der Waals surface area contributed by atoms with E-state index in [4.69, 9.17) is 4.74 Å². The number of hydrogen-bond acceptors (Lipinski definition) is 3. The van der Waals surface area contributed by atoms with Crippen LogP contribution in [0.4, 0.5) is 0 Å². The molecule has 4 nitrogen and oxygen atoms in total. The summed E-state index contributed by atoms with van der Waals surface area (Å²) in [6.45, 7) is 6.70. The van der Waals surface area contributed by atoms with Gasteiger partial charge in [-0.05, 0) is 55.4 Å². The van der Waals surface area contributed by atoms with Gasteiger partial charge >= 0.3 is 0 Å². The maximum atomic E-state index is 11.9. The molecule has 0 aromatic heterocycles. The van der Waals surface area contributed by atoms with Gasteiger partial charge in [-0.1, -0.05) is 19.9 Å². The fourth-order valence-corrected chi connectivity index (χ4v) is 2.53. The van der Waals surface area contributed by atoms with Crippen LogP contribution in [0.3, 0.4) is 0 Å². The minimum absolute atomic E-state index is 0.0869. The summed E-state index contributed by atoms with van der Waals surface area (Å²) in [7, 11) is 0. The van der Waals surface area contributed by atoms with Gasteiger partial charge in [0.15, 0.2) is 6.10 Å². The maximum Gasteiger partial charge on any atom is 0.260 e. The summed E-state index contributed by atoms with van der Waals surface area (Å²) < 4.78 is 5.70. The third kappa shape index (κ3) is 4.21. The Bertz CT molecular complexity index is 499. The van der Waals surface area contributed by atoms with Crippen molar-refractivity contribution in [2.24, 2.45) is 5.92 Å². The molecule has 116 valence electrons. The number of ether oxygens (including phenoxy) is 1. The fraction of sp³-hybridized carbons (Fsp3) is 0.588. The number of carbonyl (C=O) groups is 1. The van der Waals surface area contributed by atoms with E-state index in [-0.39, 0.29) is 12.0 Å². The van der Waals surface area contributed by atoms with E-state index < -0.39 is 6.10 Å². The molecule has 2 atom stereocenters. The summed E-state index contributed by atoms with van der Waals surface area (Å²) in [4.78, 5) is 11.9. The Morgan fingerprint density at radius 2 is 2.19 bits per heavy atom. The first-order valence-electron chi connectivity index (χ1n) is 7.72. The number of benzene rings is 1. The number of hydrogen-bond donors (Lipinski definition) is 2. The second-order valence-electron chi connectivity index (χ2n) is 6.15. The van der Waals surface area contributed by atoms with Crippen LogP contribution in [0.15, 0.2) is 18.2 Å². The Hall–Kier alpha value is -1.55. The molecule has 2 N–H and O–H groups in total. The molecule has 0 saturated carbocycles. The highest BCUT2D eigenvalue weighted by molar-refractivity contribution is 5.80. The molecule has 0 heterocycles. The number of fused-ring (bicyclic) bond motifs is 1. The topological polar surface area (TPSA) is 58.6 Å². The number of carbonyl (C=O) groups excluding carboxylic acids is 1. The highest BCUT2D eigenvalue weighted by Gasteiger charge is 2.21. The van der Waals surface area contributed by atoms with E-state index in [0.717, 1.165) is 30.4 Å². The summed E-state index contributed by atoms with van der Waals surface area (Å²) >= 11 is 0. The molecule has 1 aromatic rings. The first kappa shape index (κ1) is 15.8. The Morgan fingerprint density at radius 1 is 1.43 bits per heavy atom. The van der Waals surface area contributed by atoms with Gasteiger partial charge in [0, 0.05) is 6.54 Å². The van der Waals surface area contributed by atoms with E-state index in [1.54, 1.807) is 6.92 Å². The summed E-state index contributed by atoms with van der Waals surface area (Å²) in [5, 5.41) is 12.7. The van der Waals surface area contributed by atoms with Gasteiger partial charge in [0.2, 0.25) is 0 Å². The highest BCUT2D eigenvalue weighted by Crippen LogP contribution is 2.33. The zero-order chi connectivity index (χ0) is 15.4. The zero-order valence-electron chi connectivity index (χ0n) is 13.1. The van der Waals surface area contributed by atoms with Crippen LogP contribution in [0.2, 0.25) is 0 Å². The summed E-state index contributed by atoms with van der Waals surface area (Å²) in [6.07, 6.45) is 1.73. The van der Waals surface area contributed by atoms with Gasteiger partial charge in [-0.3, -0.25) is 4.79 Å². The lowest BCUT2D eigenvalue weighted by Gasteiger charge is -2.16. The molecular formula is C17H25NO3. The molecule has 4 heteroatoms. The summed E-state index contributed by atoms with van der Waals surface area (Å²) in [5.41, 5.74) is 2.10. The largest absolute Gasteiger partial charge is 0.481 e. The standard InChI is InChI=1S/C17H25NO3/c1-11(2)8-9-18-17(20)12(3)21-14-5-6-15-13(10-14)4-7-16(15)19/h5-6,10-12,16,19H,4,7-9H2,1-3H3,(H,18,20). The van der Waals surface area contributed by atoms with Crippen LogP contribution < -0.4 is 10.1 Å². The van der Waals surface area contributed by atoms with Gasteiger partial charge in [0.25, 0.3) is 5.91 Å². The van der Waals surface area contributed by atoms with Gasteiger partial charge in [-0.2, -0.15) is 0 Å². The number of aliphatic hydroxyl groups is 1. The molecule has 0 saturated heterocycles. The predicted octanol–water partition coefficient (Wildman–Crippen LogP) is 2.60. The molecular weight excluding hydrogens is 266 g/mol. The van der Waals surface area contributed by atoms with Crippen LogP contribution in [-0.2, 0) is 11.2 Å². The minimum atomic E-state index is -0.512. The van der Waals surface area contributed by atoms with E-state index in [2.05, 4.69) is 19.2 Å². The van der Waals surface area contributed by atoms with Crippen molar-refractivity contribution in [3.63, 3.8) is 0 Å². The second kappa shape index (κ2) is 6.94. The number of amides is 1. The SMILES string of the molecule is CC(C)CCNC(=O)C(C)Oc1ccc2c(c1)CCC2O. The van der Waals surface area contributed by atoms with Crippen LogP contribution >= 0.6 is 0 Å². The molecule has 0 spiro atoms. The van der Waals surface area contributed by atoms with Gasteiger partial charge in [0.05, 0.1) is 6.10 Å². The van der Waals surface area contributed by atoms with Crippen LogP contribution in [0.1, 0.15) is 50.8 Å². The first-order valence-corrected chi connectivity index (χ1v) is 7.72. The van der Waals surface area contributed by atoms with Crippen LogP contribution in [-0.4, -0.2) is 23.7 Å². The summed E-state index contributed by atoms with van der Waals surface area (Å²) in [5.74, 6) is 1.18. The zero-order valence-corrected chi connectivity index (χ0v) is 13.1. The Balaban J connectivity index is 1.88. The molecule has 1 amide bonds. The van der Waals surface area contributed by atoms with E-state index >= 15 is 0 Å². The molecule has 2 unspecified atom stereocenters. The molecule has 0 radical (unpaired) electrons. The Labute approximate surface area is 126 Å². The van der Waals surface area contributed by atoms with Crippen molar-refractivity contribution in [3.05, 3.63) is 29.3 Å². The molecule has 1 aromatic carbocycles. The number of nitrogens with one attached hydrogen (secondary N) is 1. The third-order valence-electron chi connectivity index (χ3n) is 3.86. The number of rotatable bonds is 6. The van der Waals surface area contributed by atoms with Gasteiger partial charge in [-0.25, -0.2) is 0 Å². The van der Waals surface area contributed by atoms with E-state index in [1.807, 2.05) is 18.2 Å². The van der Waals surface area contributed by atoms with E-state index in [1.165, 1.54) is 0 Å². The Kier molecular flexibility index (Phi) is 5.23. The molecule has 0 aliphatic heterocycles. The van der Waals surface area contributed by atoms with Crippen molar-refractivity contribution in [1.29, 1.82) is 0 Å². The number of aliphatic hydroxyl groups excluding tert-OH is 1. The van der Waals surface area contributed by atoms with Crippen LogP contribution in [0.5, 0.6) is 5.75 Å². The van der Waals surface area contributed by atoms with Crippen molar-refractivity contribution >= 4 is 5.91 Å². The molecule has 1 aliphatic carbocycles. The molecule has 21 heavy (non-hydrogen) atoms. The number of aryl methyl sites for hydroxylation is 1. The van der Waals surface area contributed by atoms with Crippen molar-refractivity contribution in [2.75, 3.05) is 6.54 Å². The highest BCUT2D eigenvalue weighted by atomic mass is 16.5. The van der Waals surface area contributed by atoms with Gasteiger partial charge in [-0.15, -0.1) is 0 Å². The molecule has 2 rings (SSSR count). The normalized spacial score (nSPS) is 18.4. The average molecular weight is 291 g/mol. The lowest BCUT2D eigenvalue weighted by atomic mass is 10.1. The van der Waals surface area contributed by atoms with E-state index in [0.29, 0.717) is 18.2 Å². The molecule has 0 fully saturated rings. The first-order chi connectivity index (χ1) is 9.97. The summed E-state index contributed by atoms with van der Waals surface area (Å²) in [6, 6.07) is 5.65. The van der Waals surface area contributed by atoms with Gasteiger partial charge < -0.3 is 15.2 Å². The van der Waals surface area contributed by atoms with Crippen molar-refractivity contribution in [2.45, 2.75) is 52.2 Å². The van der Waals surface area contributed by atoms with Crippen LogP contribution in [0, 0.1) is 5.92 Å². The van der Waals surface area contributed by atoms with E-state index in [9.17, 15) is 9.90 Å². The molecule has 1 aliphatic rings. The smallest absolute Gasteiger partial charge is 0.260 e. The Morgan fingerprint density at radius 3 is 2.90 bits per heavy atom. The average Bonchev–Trinajstić information content (AvgIpc) is 2.79. The lowest BCUT2D eigenvalue weighted by Crippen LogP contribution is -2.37. The second-order valence-corrected chi connectivity index (χ2v) is 6.15. The monoisotopic (exact) mass is 291 g/mol. The lowest BCUT2D eigenvalue weighted by molar-refractivity contribution is -0.127. The minimum Gasteiger partial charge on any atom is -0.481 e. The van der Waals surface area contributed by atoms with Crippen molar-refractivity contribution in [1.82, 2.24) is 5.32 Å². The third-order valence-corrected chi connectivity index (χ3v) is 3.86. The van der Waals surface area contributed by atoms with Crippen molar-refractivity contribution in [3.8, 4) is 5.75 Å².